The third kappa shape index (κ3) is 6.11. The van der Waals surface area contributed by atoms with Gasteiger partial charge in [-0.3, -0.25) is 0 Å². The average molecular weight is 481 g/mol. The van der Waals surface area contributed by atoms with Crippen LogP contribution in [0.25, 0.3) is 11.1 Å². The number of rotatable bonds is 8. The van der Waals surface area contributed by atoms with Gasteiger partial charge in [0.15, 0.2) is 11.6 Å². The summed E-state index contributed by atoms with van der Waals surface area (Å²) in [5, 5.41) is 0. The molecule has 188 valence electrons. The topological polar surface area (TPSA) is 0 Å². The number of hydrogen-bond donors (Lipinski definition) is 0. The van der Waals surface area contributed by atoms with Gasteiger partial charge >= 0.3 is 0 Å². The first-order valence-electron chi connectivity index (χ1n) is 13.5. The van der Waals surface area contributed by atoms with E-state index >= 15 is 4.39 Å². The molecule has 4 rings (SSSR count). The van der Waals surface area contributed by atoms with Gasteiger partial charge in [-0.15, -0.1) is 0 Å². The van der Waals surface area contributed by atoms with Gasteiger partial charge in [-0.2, -0.15) is 0 Å². The quantitative estimate of drug-likeness (QED) is 0.330. The molecule has 35 heavy (non-hydrogen) atoms. The monoisotopic (exact) mass is 480 g/mol. The van der Waals surface area contributed by atoms with E-state index in [4.69, 9.17) is 0 Å². The zero-order valence-electron chi connectivity index (χ0n) is 21.2. The van der Waals surface area contributed by atoms with E-state index in [9.17, 15) is 8.78 Å². The molecule has 2 fully saturated rings. The van der Waals surface area contributed by atoms with Gasteiger partial charge in [0, 0.05) is 11.1 Å². The smallest absolute Gasteiger partial charge is 0.167 e. The molecule has 0 amide bonds. The van der Waals surface area contributed by atoms with Crippen molar-refractivity contribution in [2.45, 2.75) is 84.0 Å². The molecule has 2 aromatic rings. The summed E-state index contributed by atoms with van der Waals surface area (Å²) < 4.78 is 44.6. The van der Waals surface area contributed by atoms with Crippen molar-refractivity contribution in [2.75, 3.05) is 0 Å². The minimum absolute atomic E-state index is 0.00119. The summed E-state index contributed by atoms with van der Waals surface area (Å²) in [5.41, 5.74) is 1.47. The van der Waals surface area contributed by atoms with Crippen LogP contribution in [0.4, 0.5) is 13.2 Å². The molecular formula is C32H39F3. The number of benzene rings is 2. The molecule has 0 heterocycles. The third-order valence-corrected chi connectivity index (χ3v) is 8.43. The second-order valence-electron chi connectivity index (χ2n) is 10.6. The lowest BCUT2D eigenvalue weighted by atomic mass is 9.63. The Labute approximate surface area is 209 Å². The van der Waals surface area contributed by atoms with E-state index in [0.29, 0.717) is 24.3 Å². The molecule has 0 radical (unpaired) electrons. The Bertz CT molecular complexity index is 1050. The summed E-state index contributed by atoms with van der Waals surface area (Å²) in [6, 6.07) is 8.25. The fourth-order valence-corrected chi connectivity index (χ4v) is 6.45. The average Bonchev–Trinajstić information content (AvgIpc) is 2.87. The van der Waals surface area contributed by atoms with E-state index in [2.05, 4.69) is 19.1 Å². The lowest BCUT2D eigenvalue weighted by molar-refractivity contribution is 0.115. The highest BCUT2D eigenvalue weighted by molar-refractivity contribution is 5.66. The molecule has 0 spiro atoms. The largest absolute Gasteiger partial charge is 0.206 e. The number of allylic oxidation sites excluding steroid dienone is 4. The van der Waals surface area contributed by atoms with Gasteiger partial charge in [0.25, 0.3) is 0 Å². The molecule has 2 saturated carbocycles. The summed E-state index contributed by atoms with van der Waals surface area (Å²) in [6.45, 7) is 3.99. The van der Waals surface area contributed by atoms with Gasteiger partial charge in [0.05, 0.1) is 0 Å². The summed E-state index contributed by atoms with van der Waals surface area (Å²) in [4.78, 5) is 0. The summed E-state index contributed by atoms with van der Waals surface area (Å²) in [7, 11) is 0. The van der Waals surface area contributed by atoms with Crippen LogP contribution in [0.2, 0.25) is 0 Å². The molecule has 0 nitrogen and oxygen atoms in total. The van der Waals surface area contributed by atoms with Crippen molar-refractivity contribution < 1.29 is 13.2 Å². The van der Waals surface area contributed by atoms with Crippen LogP contribution in [0.15, 0.2) is 54.6 Å². The normalized spacial score (nSPS) is 24.8. The van der Waals surface area contributed by atoms with Gasteiger partial charge in [-0.25, -0.2) is 13.2 Å². The molecule has 4 atom stereocenters. The van der Waals surface area contributed by atoms with E-state index in [-0.39, 0.29) is 11.1 Å². The van der Waals surface area contributed by atoms with Crippen LogP contribution in [0, 0.1) is 35.2 Å². The Morgan fingerprint density at radius 1 is 0.771 bits per heavy atom. The summed E-state index contributed by atoms with van der Waals surface area (Å²) >= 11 is 0. The van der Waals surface area contributed by atoms with Crippen molar-refractivity contribution in [1.29, 1.82) is 0 Å². The molecule has 2 aliphatic carbocycles. The van der Waals surface area contributed by atoms with Crippen LogP contribution in [0.3, 0.4) is 0 Å². The van der Waals surface area contributed by atoms with Crippen LogP contribution in [0.1, 0.15) is 88.7 Å². The lowest BCUT2D eigenvalue weighted by Gasteiger charge is -2.42. The maximum Gasteiger partial charge on any atom is 0.167 e. The Morgan fingerprint density at radius 2 is 1.49 bits per heavy atom. The van der Waals surface area contributed by atoms with Gasteiger partial charge in [-0.1, -0.05) is 55.0 Å². The molecule has 0 N–H and O–H groups in total. The van der Waals surface area contributed by atoms with Gasteiger partial charge in [-0.05, 0) is 112 Å². The lowest BCUT2D eigenvalue weighted by Crippen LogP contribution is -2.30. The Morgan fingerprint density at radius 3 is 2.26 bits per heavy atom. The van der Waals surface area contributed by atoms with E-state index in [1.807, 2.05) is 25.1 Å². The Hall–Kier alpha value is -2.29. The van der Waals surface area contributed by atoms with Crippen LogP contribution < -0.4 is 0 Å². The van der Waals surface area contributed by atoms with Crippen LogP contribution in [-0.4, -0.2) is 0 Å². The maximum absolute atomic E-state index is 15.2. The molecule has 2 aromatic carbocycles. The van der Waals surface area contributed by atoms with Crippen molar-refractivity contribution in [2.24, 2.45) is 17.8 Å². The van der Waals surface area contributed by atoms with Crippen molar-refractivity contribution in [1.82, 2.24) is 0 Å². The maximum atomic E-state index is 15.2. The number of hydrogen-bond acceptors (Lipinski definition) is 0. The second-order valence-corrected chi connectivity index (χ2v) is 10.6. The van der Waals surface area contributed by atoms with Crippen LogP contribution >= 0.6 is 0 Å². The minimum Gasteiger partial charge on any atom is -0.206 e. The Kier molecular flexibility index (Phi) is 8.92. The fourth-order valence-electron chi connectivity index (χ4n) is 6.45. The molecule has 4 unspecified atom stereocenters. The van der Waals surface area contributed by atoms with Gasteiger partial charge in [0.1, 0.15) is 5.82 Å². The molecule has 0 aromatic heterocycles. The highest BCUT2D eigenvalue weighted by atomic mass is 19.2. The van der Waals surface area contributed by atoms with E-state index in [0.717, 1.165) is 36.2 Å². The van der Waals surface area contributed by atoms with Gasteiger partial charge < -0.3 is 0 Å². The van der Waals surface area contributed by atoms with E-state index < -0.39 is 17.5 Å². The predicted molar refractivity (Wildman–Crippen MR) is 140 cm³/mol. The number of halogens is 3. The summed E-state index contributed by atoms with van der Waals surface area (Å²) in [6.07, 6.45) is 19.2. The molecule has 0 saturated heterocycles. The molecule has 2 aliphatic rings. The van der Waals surface area contributed by atoms with Crippen molar-refractivity contribution >= 4 is 0 Å². The van der Waals surface area contributed by atoms with Crippen LogP contribution in [0.5, 0.6) is 0 Å². The standard InChI is InChI=1S/C32H39F3/c1-3-5-7-9-22-11-12-25-20-26(14-13-24(25)19-22)27-16-17-28(30(33)21-27)29-18-15-23(10-8-6-4-2)31(34)32(29)35/h3-6,15-18,21-22,24-26H,7-14,19-20H2,1-2H3/b5-3+,6-4+. The van der Waals surface area contributed by atoms with Gasteiger partial charge in [0.2, 0.25) is 0 Å². The van der Waals surface area contributed by atoms with E-state index in [1.165, 1.54) is 44.6 Å². The van der Waals surface area contributed by atoms with E-state index in [1.54, 1.807) is 18.2 Å². The highest BCUT2D eigenvalue weighted by Gasteiger charge is 2.36. The first kappa shape index (κ1) is 25.8. The molecule has 0 bridgehead atoms. The minimum atomic E-state index is -0.957. The SMILES string of the molecule is C/C=C/CCc1ccc(-c2ccc(C3CCC4CC(CC/C=C/C)CCC4C3)cc2F)c(F)c1F. The second kappa shape index (κ2) is 12.1. The third-order valence-electron chi connectivity index (χ3n) is 8.43. The summed E-state index contributed by atoms with van der Waals surface area (Å²) in [5.74, 6) is 0.466. The molecule has 0 aliphatic heterocycles. The zero-order chi connectivity index (χ0) is 24.8. The molecular weight excluding hydrogens is 441 g/mol. The first-order valence-corrected chi connectivity index (χ1v) is 13.5. The zero-order valence-corrected chi connectivity index (χ0v) is 21.2. The highest BCUT2D eigenvalue weighted by Crippen LogP contribution is 2.48. The number of fused-ring (bicyclic) bond motifs is 1. The first-order chi connectivity index (χ1) is 17.0. The van der Waals surface area contributed by atoms with Crippen molar-refractivity contribution in [3.8, 4) is 11.1 Å². The van der Waals surface area contributed by atoms with Crippen molar-refractivity contribution in [3.63, 3.8) is 0 Å². The number of aryl methyl sites for hydroxylation is 1. The molecule has 3 heteroatoms. The predicted octanol–water partition coefficient (Wildman–Crippen LogP) is 9.94. The Balaban J connectivity index is 1.43. The van der Waals surface area contributed by atoms with Crippen LogP contribution in [-0.2, 0) is 6.42 Å². The van der Waals surface area contributed by atoms with Crippen molar-refractivity contribution in [3.05, 3.63) is 83.2 Å². The fraction of sp³-hybridized carbons (Fsp3) is 0.500.